The quantitative estimate of drug-likeness (QED) is 0.699. The van der Waals surface area contributed by atoms with Crippen LogP contribution in [0.25, 0.3) is 22.6 Å². The molecule has 0 bridgehead atoms. The molecule has 2 heterocycles. The number of nitrogens with zero attached hydrogens (tertiary/aromatic N) is 4. The maximum absolute atomic E-state index is 4.23. The van der Waals surface area contributed by atoms with Crippen LogP contribution in [0.4, 0.5) is 0 Å². The molecule has 3 aromatic rings. The molecule has 0 aliphatic carbocycles. The van der Waals surface area contributed by atoms with Gasteiger partial charge in [-0.3, -0.25) is 0 Å². The molecular weight excluding hydrogens is 236 g/mol. The van der Waals surface area contributed by atoms with Gasteiger partial charge in [0.2, 0.25) is 0 Å². The van der Waals surface area contributed by atoms with E-state index >= 15 is 0 Å². The first-order chi connectivity index (χ1) is 9.33. The number of aryl methyl sites for hydroxylation is 1. The smallest absolute Gasteiger partial charge is 0.113 e. The maximum atomic E-state index is 4.23. The Hall–Kier alpha value is -2.62. The molecule has 1 aromatic carbocycles. The van der Waals surface area contributed by atoms with Crippen LogP contribution in [0.2, 0.25) is 0 Å². The van der Waals surface area contributed by atoms with E-state index in [1.165, 1.54) is 0 Å². The molecule has 3 rings (SSSR count). The fourth-order valence-corrected chi connectivity index (χ4v) is 1.77. The van der Waals surface area contributed by atoms with Crippen molar-refractivity contribution in [3.05, 3.63) is 60.3 Å². The van der Waals surface area contributed by atoms with Crippen molar-refractivity contribution < 1.29 is 0 Å². The zero-order valence-corrected chi connectivity index (χ0v) is 10.5. The van der Waals surface area contributed by atoms with E-state index in [0.717, 1.165) is 28.3 Å². The van der Waals surface area contributed by atoms with Crippen LogP contribution in [0.3, 0.4) is 0 Å². The van der Waals surface area contributed by atoms with Crippen molar-refractivity contribution >= 4 is 0 Å². The van der Waals surface area contributed by atoms with Crippen molar-refractivity contribution in [2.24, 2.45) is 0 Å². The van der Waals surface area contributed by atoms with Crippen molar-refractivity contribution in [2.45, 2.75) is 6.92 Å². The van der Waals surface area contributed by atoms with Crippen LogP contribution in [0.15, 0.2) is 54.6 Å². The number of hydrogen-bond donors (Lipinski definition) is 0. The van der Waals surface area contributed by atoms with E-state index in [-0.39, 0.29) is 0 Å². The lowest BCUT2D eigenvalue weighted by Crippen LogP contribution is -1.94. The molecule has 0 N–H and O–H groups in total. The molecule has 0 aliphatic rings. The van der Waals surface area contributed by atoms with Gasteiger partial charge >= 0.3 is 0 Å². The molecule has 0 spiro atoms. The summed E-state index contributed by atoms with van der Waals surface area (Å²) in [6, 6.07) is 17.6. The highest BCUT2D eigenvalue weighted by atomic mass is 15.1. The second-order valence-electron chi connectivity index (χ2n) is 4.23. The lowest BCUT2D eigenvalue weighted by molar-refractivity contribution is 0.963. The molecule has 0 amide bonds. The van der Waals surface area contributed by atoms with Crippen LogP contribution in [-0.2, 0) is 0 Å². The van der Waals surface area contributed by atoms with Gasteiger partial charge in [0.1, 0.15) is 11.4 Å². The van der Waals surface area contributed by atoms with Crippen molar-refractivity contribution in [1.29, 1.82) is 0 Å². The Morgan fingerprint density at radius 2 is 1.16 bits per heavy atom. The summed E-state index contributed by atoms with van der Waals surface area (Å²) in [5.41, 5.74) is 4.25. The molecule has 0 saturated carbocycles. The fraction of sp³-hybridized carbons (Fsp3) is 0.0667. The Labute approximate surface area is 111 Å². The summed E-state index contributed by atoms with van der Waals surface area (Å²) < 4.78 is 0. The molecule has 4 nitrogen and oxygen atoms in total. The van der Waals surface area contributed by atoms with Crippen molar-refractivity contribution in [3.8, 4) is 22.6 Å². The molecule has 0 unspecified atom stereocenters. The van der Waals surface area contributed by atoms with Gasteiger partial charge in [0.15, 0.2) is 0 Å². The molecule has 0 fully saturated rings. The molecular formula is C15H12N4. The van der Waals surface area contributed by atoms with Gasteiger partial charge in [0.25, 0.3) is 0 Å². The van der Waals surface area contributed by atoms with E-state index in [1.807, 2.05) is 61.5 Å². The molecule has 0 saturated heterocycles. The minimum atomic E-state index is 0.729. The molecule has 92 valence electrons. The molecule has 2 aromatic heterocycles. The lowest BCUT2D eigenvalue weighted by Gasteiger charge is -2.01. The Bertz CT molecular complexity index is 661. The zero-order chi connectivity index (χ0) is 13.1. The van der Waals surface area contributed by atoms with Crippen LogP contribution >= 0.6 is 0 Å². The normalized spacial score (nSPS) is 10.4. The van der Waals surface area contributed by atoms with Crippen molar-refractivity contribution in [3.63, 3.8) is 0 Å². The maximum Gasteiger partial charge on any atom is 0.113 e. The Morgan fingerprint density at radius 1 is 0.579 bits per heavy atom. The van der Waals surface area contributed by atoms with Gasteiger partial charge in [-0.1, -0.05) is 30.3 Å². The SMILES string of the molecule is Cc1ccc(-c2ccc(-c3ccccc3)nn2)nn1. The predicted octanol–water partition coefficient (Wildman–Crippen LogP) is 2.91. The third-order valence-corrected chi connectivity index (χ3v) is 2.79. The molecule has 0 atom stereocenters. The van der Waals surface area contributed by atoms with E-state index in [4.69, 9.17) is 0 Å². The third-order valence-electron chi connectivity index (χ3n) is 2.79. The molecule has 19 heavy (non-hydrogen) atoms. The zero-order valence-electron chi connectivity index (χ0n) is 10.5. The average molecular weight is 248 g/mol. The predicted molar refractivity (Wildman–Crippen MR) is 73.2 cm³/mol. The Balaban J connectivity index is 1.93. The first-order valence-corrected chi connectivity index (χ1v) is 6.03. The molecule has 0 aliphatic heterocycles. The number of benzene rings is 1. The minimum absolute atomic E-state index is 0.729. The first-order valence-electron chi connectivity index (χ1n) is 6.03. The molecule has 0 radical (unpaired) electrons. The summed E-state index contributed by atoms with van der Waals surface area (Å²) in [4.78, 5) is 0. The standard InChI is InChI=1S/C15H12N4/c1-11-7-8-14(18-16-11)15-10-9-13(17-19-15)12-5-3-2-4-6-12/h2-10H,1H3. The second kappa shape index (κ2) is 4.94. The van der Waals surface area contributed by atoms with Gasteiger partial charge in [0.05, 0.1) is 11.4 Å². The number of hydrogen-bond acceptors (Lipinski definition) is 4. The van der Waals surface area contributed by atoms with E-state index in [0.29, 0.717) is 0 Å². The monoisotopic (exact) mass is 248 g/mol. The summed E-state index contributed by atoms with van der Waals surface area (Å²) in [6.45, 7) is 1.90. The van der Waals surface area contributed by atoms with Crippen molar-refractivity contribution in [1.82, 2.24) is 20.4 Å². The van der Waals surface area contributed by atoms with E-state index in [1.54, 1.807) is 0 Å². The topological polar surface area (TPSA) is 51.6 Å². The minimum Gasteiger partial charge on any atom is -0.155 e. The lowest BCUT2D eigenvalue weighted by atomic mass is 10.1. The van der Waals surface area contributed by atoms with E-state index < -0.39 is 0 Å². The van der Waals surface area contributed by atoms with Crippen LogP contribution in [0.5, 0.6) is 0 Å². The van der Waals surface area contributed by atoms with E-state index in [2.05, 4.69) is 20.4 Å². The fourth-order valence-electron chi connectivity index (χ4n) is 1.77. The van der Waals surface area contributed by atoms with Crippen LogP contribution in [0, 0.1) is 6.92 Å². The summed E-state index contributed by atoms with van der Waals surface area (Å²) in [5, 5.41) is 16.5. The van der Waals surface area contributed by atoms with Crippen molar-refractivity contribution in [2.75, 3.05) is 0 Å². The average Bonchev–Trinajstić information content (AvgIpc) is 2.49. The largest absolute Gasteiger partial charge is 0.155 e. The summed E-state index contributed by atoms with van der Waals surface area (Å²) >= 11 is 0. The van der Waals surface area contributed by atoms with Crippen LogP contribution in [0.1, 0.15) is 5.69 Å². The summed E-state index contributed by atoms with van der Waals surface area (Å²) in [5.74, 6) is 0. The highest BCUT2D eigenvalue weighted by Crippen LogP contribution is 2.18. The Kier molecular flexibility index (Phi) is 2.98. The first kappa shape index (κ1) is 11.5. The van der Waals surface area contributed by atoms with Gasteiger partial charge < -0.3 is 0 Å². The highest BCUT2D eigenvalue weighted by molar-refractivity contribution is 5.61. The third kappa shape index (κ3) is 2.47. The van der Waals surface area contributed by atoms with Crippen LogP contribution in [-0.4, -0.2) is 20.4 Å². The van der Waals surface area contributed by atoms with Gasteiger partial charge in [0, 0.05) is 5.56 Å². The molecule has 4 heteroatoms. The number of aromatic nitrogens is 4. The van der Waals surface area contributed by atoms with Gasteiger partial charge in [-0.15, -0.1) is 15.3 Å². The Morgan fingerprint density at radius 3 is 1.74 bits per heavy atom. The van der Waals surface area contributed by atoms with Crippen LogP contribution < -0.4 is 0 Å². The van der Waals surface area contributed by atoms with Gasteiger partial charge in [-0.25, -0.2) is 0 Å². The summed E-state index contributed by atoms with van der Waals surface area (Å²) in [6.07, 6.45) is 0. The second-order valence-corrected chi connectivity index (χ2v) is 4.23. The summed E-state index contributed by atoms with van der Waals surface area (Å²) in [7, 11) is 0. The van der Waals surface area contributed by atoms with Gasteiger partial charge in [-0.05, 0) is 31.2 Å². The van der Waals surface area contributed by atoms with E-state index in [9.17, 15) is 0 Å². The highest BCUT2D eigenvalue weighted by Gasteiger charge is 2.04. The number of rotatable bonds is 2. The van der Waals surface area contributed by atoms with Gasteiger partial charge in [-0.2, -0.15) is 5.10 Å².